The zero-order valence-corrected chi connectivity index (χ0v) is 15.6. The molecule has 0 fully saturated rings. The van der Waals surface area contributed by atoms with Crippen molar-refractivity contribution in [3.8, 4) is 5.75 Å². The number of anilines is 1. The highest BCUT2D eigenvalue weighted by Crippen LogP contribution is 2.13. The van der Waals surface area contributed by atoms with Crippen LogP contribution in [-0.4, -0.2) is 24.5 Å². The number of nitrogens with one attached hydrogen (secondary N) is 2. The molecule has 0 saturated heterocycles. The standard InChI is InChI=1S/C22H22FN3O2/c1-28-19-7-4-5-16(13-19)11-12-24-22(27)18-9-10-21(26-15-18)25-14-17-6-2-3-8-20(17)23/h2-10,13,15H,11-12,14H2,1H3,(H,24,27)(H,25,26). The molecule has 6 heteroatoms. The fourth-order valence-electron chi connectivity index (χ4n) is 2.71. The van der Waals surface area contributed by atoms with Crippen LogP contribution in [0, 0.1) is 5.82 Å². The largest absolute Gasteiger partial charge is 0.497 e. The first-order valence-corrected chi connectivity index (χ1v) is 9.00. The van der Waals surface area contributed by atoms with Gasteiger partial charge in [0.1, 0.15) is 17.4 Å². The SMILES string of the molecule is COc1cccc(CCNC(=O)c2ccc(NCc3ccccc3F)nc2)c1. The smallest absolute Gasteiger partial charge is 0.252 e. The quantitative estimate of drug-likeness (QED) is 0.625. The monoisotopic (exact) mass is 379 g/mol. The van der Waals surface area contributed by atoms with Crippen molar-refractivity contribution in [2.75, 3.05) is 19.0 Å². The third-order valence-electron chi connectivity index (χ3n) is 4.28. The summed E-state index contributed by atoms with van der Waals surface area (Å²) in [5.41, 5.74) is 2.12. The fraction of sp³-hybridized carbons (Fsp3) is 0.182. The van der Waals surface area contributed by atoms with Crippen molar-refractivity contribution in [3.63, 3.8) is 0 Å². The topological polar surface area (TPSA) is 63.2 Å². The van der Waals surface area contributed by atoms with E-state index in [-0.39, 0.29) is 11.7 Å². The number of aromatic nitrogens is 1. The molecule has 1 amide bonds. The number of pyridine rings is 1. The van der Waals surface area contributed by atoms with E-state index in [1.165, 1.54) is 12.3 Å². The number of rotatable bonds is 8. The van der Waals surface area contributed by atoms with Gasteiger partial charge in [0.15, 0.2) is 0 Å². The average Bonchev–Trinajstić information content (AvgIpc) is 2.73. The molecular formula is C22H22FN3O2. The normalized spacial score (nSPS) is 10.4. The second-order valence-corrected chi connectivity index (χ2v) is 6.23. The van der Waals surface area contributed by atoms with Crippen LogP contribution >= 0.6 is 0 Å². The molecule has 0 atom stereocenters. The molecule has 0 saturated carbocycles. The minimum Gasteiger partial charge on any atom is -0.497 e. The van der Waals surface area contributed by atoms with E-state index in [1.54, 1.807) is 37.4 Å². The number of ether oxygens (including phenoxy) is 1. The zero-order valence-electron chi connectivity index (χ0n) is 15.6. The maximum atomic E-state index is 13.6. The van der Waals surface area contributed by atoms with Crippen molar-refractivity contribution < 1.29 is 13.9 Å². The van der Waals surface area contributed by atoms with Gasteiger partial charge in [-0.05, 0) is 42.3 Å². The van der Waals surface area contributed by atoms with Gasteiger partial charge >= 0.3 is 0 Å². The molecule has 1 heterocycles. The fourth-order valence-corrected chi connectivity index (χ4v) is 2.71. The first kappa shape index (κ1) is 19.4. The molecular weight excluding hydrogens is 357 g/mol. The van der Waals surface area contributed by atoms with Gasteiger partial charge in [0, 0.05) is 24.8 Å². The first-order chi connectivity index (χ1) is 13.7. The average molecular weight is 379 g/mol. The maximum absolute atomic E-state index is 13.6. The molecule has 0 bridgehead atoms. The van der Waals surface area contributed by atoms with Crippen molar-refractivity contribution in [3.05, 3.63) is 89.4 Å². The Morgan fingerprint density at radius 3 is 2.71 bits per heavy atom. The number of nitrogens with zero attached hydrogens (tertiary/aromatic N) is 1. The Kier molecular flexibility index (Phi) is 6.57. The van der Waals surface area contributed by atoms with E-state index in [9.17, 15) is 9.18 Å². The minimum absolute atomic E-state index is 0.184. The van der Waals surface area contributed by atoms with E-state index in [0.29, 0.717) is 36.5 Å². The minimum atomic E-state index is -0.262. The van der Waals surface area contributed by atoms with Crippen LogP contribution in [-0.2, 0) is 13.0 Å². The highest BCUT2D eigenvalue weighted by atomic mass is 19.1. The van der Waals surface area contributed by atoms with Crippen LogP contribution in [0.25, 0.3) is 0 Å². The highest BCUT2D eigenvalue weighted by Gasteiger charge is 2.07. The lowest BCUT2D eigenvalue weighted by Gasteiger charge is -2.09. The van der Waals surface area contributed by atoms with Gasteiger partial charge in [-0.1, -0.05) is 30.3 Å². The van der Waals surface area contributed by atoms with E-state index < -0.39 is 0 Å². The molecule has 3 rings (SSSR count). The summed E-state index contributed by atoms with van der Waals surface area (Å²) in [6.45, 7) is 0.838. The molecule has 1 aromatic heterocycles. The predicted molar refractivity (Wildman–Crippen MR) is 107 cm³/mol. The Balaban J connectivity index is 1.48. The molecule has 0 radical (unpaired) electrons. The number of amides is 1. The van der Waals surface area contributed by atoms with Gasteiger partial charge in [-0.25, -0.2) is 9.37 Å². The Labute approximate surface area is 163 Å². The molecule has 28 heavy (non-hydrogen) atoms. The summed E-state index contributed by atoms with van der Waals surface area (Å²) in [6.07, 6.45) is 2.21. The van der Waals surface area contributed by atoms with Crippen molar-refractivity contribution in [1.29, 1.82) is 0 Å². The zero-order chi connectivity index (χ0) is 19.8. The van der Waals surface area contributed by atoms with Crippen LogP contribution in [0.1, 0.15) is 21.5 Å². The number of carbonyl (C=O) groups is 1. The summed E-state index contributed by atoms with van der Waals surface area (Å²) in [5.74, 6) is 0.931. The Morgan fingerprint density at radius 2 is 1.96 bits per heavy atom. The van der Waals surface area contributed by atoms with Crippen molar-refractivity contribution in [1.82, 2.24) is 10.3 Å². The van der Waals surface area contributed by atoms with Crippen molar-refractivity contribution in [2.24, 2.45) is 0 Å². The number of methoxy groups -OCH3 is 1. The second-order valence-electron chi connectivity index (χ2n) is 6.23. The van der Waals surface area contributed by atoms with Crippen LogP contribution < -0.4 is 15.4 Å². The molecule has 2 N–H and O–H groups in total. The number of halogens is 1. The molecule has 0 unspecified atom stereocenters. The molecule has 2 aromatic carbocycles. The molecule has 0 aliphatic carbocycles. The molecule has 3 aromatic rings. The van der Waals surface area contributed by atoms with Gasteiger partial charge < -0.3 is 15.4 Å². The summed E-state index contributed by atoms with van der Waals surface area (Å²) >= 11 is 0. The van der Waals surface area contributed by atoms with Crippen LogP contribution in [0.4, 0.5) is 10.2 Å². The van der Waals surface area contributed by atoms with Gasteiger partial charge in [-0.15, -0.1) is 0 Å². The Hall–Kier alpha value is -3.41. The van der Waals surface area contributed by atoms with Gasteiger partial charge in [-0.3, -0.25) is 4.79 Å². The Morgan fingerprint density at radius 1 is 1.11 bits per heavy atom. The summed E-state index contributed by atoms with van der Waals surface area (Å²) < 4.78 is 18.8. The van der Waals surface area contributed by atoms with Gasteiger partial charge in [0.25, 0.3) is 5.91 Å². The summed E-state index contributed by atoms with van der Waals surface area (Å²) in [4.78, 5) is 16.5. The van der Waals surface area contributed by atoms with E-state index in [2.05, 4.69) is 15.6 Å². The summed E-state index contributed by atoms with van der Waals surface area (Å²) in [5, 5.41) is 5.93. The highest BCUT2D eigenvalue weighted by molar-refractivity contribution is 5.94. The van der Waals surface area contributed by atoms with Crippen LogP contribution in [0.5, 0.6) is 5.75 Å². The lowest BCUT2D eigenvalue weighted by Crippen LogP contribution is -2.25. The molecule has 0 aliphatic rings. The maximum Gasteiger partial charge on any atom is 0.252 e. The van der Waals surface area contributed by atoms with Crippen LogP contribution in [0.3, 0.4) is 0 Å². The number of benzene rings is 2. The lowest BCUT2D eigenvalue weighted by atomic mass is 10.1. The molecule has 0 aliphatic heterocycles. The summed E-state index contributed by atoms with van der Waals surface area (Å²) in [6, 6.07) is 17.7. The van der Waals surface area contributed by atoms with Gasteiger partial charge in [0.2, 0.25) is 0 Å². The lowest BCUT2D eigenvalue weighted by molar-refractivity contribution is 0.0954. The second kappa shape index (κ2) is 9.50. The number of carbonyl (C=O) groups excluding carboxylic acids is 1. The third kappa shape index (κ3) is 5.30. The van der Waals surface area contributed by atoms with E-state index in [0.717, 1.165) is 11.3 Å². The molecule has 5 nitrogen and oxygen atoms in total. The third-order valence-corrected chi connectivity index (χ3v) is 4.28. The van der Waals surface area contributed by atoms with Crippen LogP contribution in [0.15, 0.2) is 66.9 Å². The number of hydrogen-bond donors (Lipinski definition) is 2. The number of hydrogen-bond acceptors (Lipinski definition) is 4. The molecule has 0 spiro atoms. The van der Waals surface area contributed by atoms with E-state index in [1.807, 2.05) is 24.3 Å². The Bertz CT molecular complexity index is 929. The van der Waals surface area contributed by atoms with Gasteiger partial charge in [0.05, 0.1) is 12.7 Å². The van der Waals surface area contributed by atoms with E-state index >= 15 is 0 Å². The van der Waals surface area contributed by atoms with Crippen molar-refractivity contribution in [2.45, 2.75) is 13.0 Å². The first-order valence-electron chi connectivity index (χ1n) is 9.00. The molecule has 144 valence electrons. The predicted octanol–water partition coefficient (Wildman–Crippen LogP) is 3.81. The van der Waals surface area contributed by atoms with Crippen molar-refractivity contribution >= 4 is 11.7 Å². The van der Waals surface area contributed by atoms with Gasteiger partial charge in [-0.2, -0.15) is 0 Å². The van der Waals surface area contributed by atoms with E-state index in [4.69, 9.17) is 4.74 Å². The van der Waals surface area contributed by atoms with Crippen LogP contribution in [0.2, 0.25) is 0 Å². The summed E-state index contributed by atoms with van der Waals surface area (Å²) in [7, 11) is 1.63.